The molecule has 7 heteroatoms. The van der Waals surface area contributed by atoms with E-state index < -0.39 is 0 Å². The Morgan fingerprint density at radius 2 is 1.64 bits per heavy atom. The zero-order valence-electron chi connectivity index (χ0n) is 19.4. The fourth-order valence-electron chi connectivity index (χ4n) is 4.05. The second-order valence-electron chi connectivity index (χ2n) is 8.33. The molecule has 3 aromatic rings. The van der Waals surface area contributed by atoms with Crippen LogP contribution < -0.4 is 0 Å². The summed E-state index contributed by atoms with van der Waals surface area (Å²) >= 11 is 0. The molecule has 0 saturated heterocycles. The third-order valence-corrected chi connectivity index (χ3v) is 6.01. The number of benzene rings is 2. The number of hydrogen-bond acceptors (Lipinski definition) is 4. The number of carbonyl (C=O) groups is 2. The van der Waals surface area contributed by atoms with Crippen molar-refractivity contribution in [3.8, 4) is 5.69 Å². The van der Waals surface area contributed by atoms with E-state index in [1.165, 1.54) is 5.01 Å². The Hall–Kier alpha value is -3.74. The SMILES string of the molecule is Cc1nn(-c2ccccc2)c(C)c1CN(C)C(=O)CCC(=O)N1CCC(c2ccccc2)=N1. The van der Waals surface area contributed by atoms with E-state index >= 15 is 0 Å². The first kappa shape index (κ1) is 22.5. The molecule has 0 unspecified atom stereocenters. The smallest absolute Gasteiger partial charge is 0.243 e. The fourth-order valence-corrected chi connectivity index (χ4v) is 4.05. The van der Waals surface area contributed by atoms with Crippen molar-refractivity contribution in [3.63, 3.8) is 0 Å². The Labute approximate surface area is 194 Å². The molecule has 1 aliphatic rings. The maximum atomic E-state index is 12.7. The molecule has 0 radical (unpaired) electrons. The third kappa shape index (κ3) is 5.03. The Bertz CT molecular complexity index is 1170. The number of amides is 2. The molecule has 0 atom stereocenters. The first-order valence-electron chi connectivity index (χ1n) is 11.2. The molecule has 0 spiro atoms. The Morgan fingerprint density at radius 3 is 2.33 bits per heavy atom. The summed E-state index contributed by atoms with van der Waals surface area (Å²) in [4.78, 5) is 27.0. The van der Waals surface area contributed by atoms with Gasteiger partial charge in [0.15, 0.2) is 0 Å². The molecule has 0 aliphatic carbocycles. The summed E-state index contributed by atoms with van der Waals surface area (Å²) in [7, 11) is 1.77. The van der Waals surface area contributed by atoms with Crippen molar-refractivity contribution in [3.05, 3.63) is 83.2 Å². The van der Waals surface area contributed by atoms with E-state index in [0.29, 0.717) is 13.1 Å². The van der Waals surface area contributed by atoms with E-state index in [1.807, 2.05) is 79.2 Å². The minimum atomic E-state index is -0.119. The quantitative estimate of drug-likeness (QED) is 0.557. The van der Waals surface area contributed by atoms with Crippen molar-refractivity contribution in [1.29, 1.82) is 0 Å². The van der Waals surface area contributed by atoms with E-state index in [1.54, 1.807) is 11.9 Å². The molecular weight excluding hydrogens is 414 g/mol. The van der Waals surface area contributed by atoms with Crippen LogP contribution in [0, 0.1) is 13.8 Å². The van der Waals surface area contributed by atoms with Gasteiger partial charge in [0.2, 0.25) is 11.8 Å². The average Bonchev–Trinajstić information content (AvgIpc) is 3.44. The minimum Gasteiger partial charge on any atom is -0.341 e. The van der Waals surface area contributed by atoms with Crippen molar-refractivity contribution in [1.82, 2.24) is 19.7 Å². The molecule has 2 amide bonds. The maximum absolute atomic E-state index is 12.7. The number of hydrazone groups is 1. The maximum Gasteiger partial charge on any atom is 0.243 e. The second-order valence-corrected chi connectivity index (χ2v) is 8.33. The summed E-state index contributed by atoms with van der Waals surface area (Å²) in [6, 6.07) is 19.8. The van der Waals surface area contributed by atoms with E-state index in [0.717, 1.165) is 40.3 Å². The van der Waals surface area contributed by atoms with Crippen LogP contribution in [0.2, 0.25) is 0 Å². The van der Waals surface area contributed by atoms with Crippen LogP contribution in [0.25, 0.3) is 5.69 Å². The summed E-state index contributed by atoms with van der Waals surface area (Å²) in [5.74, 6) is -0.187. The predicted molar refractivity (Wildman–Crippen MR) is 128 cm³/mol. The van der Waals surface area contributed by atoms with Gasteiger partial charge in [0.1, 0.15) is 0 Å². The molecule has 1 aromatic heterocycles. The predicted octanol–water partition coefficient (Wildman–Crippen LogP) is 3.86. The van der Waals surface area contributed by atoms with Crippen LogP contribution in [0.4, 0.5) is 0 Å². The lowest BCUT2D eigenvalue weighted by molar-refractivity contribution is -0.136. The average molecular weight is 444 g/mol. The van der Waals surface area contributed by atoms with Crippen molar-refractivity contribution in [2.24, 2.45) is 5.10 Å². The van der Waals surface area contributed by atoms with E-state index in [4.69, 9.17) is 0 Å². The van der Waals surface area contributed by atoms with E-state index in [-0.39, 0.29) is 24.7 Å². The molecule has 7 nitrogen and oxygen atoms in total. The standard InChI is InChI=1S/C26H29N5O2/c1-19-23(20(2)31(27-19)22-12-8-5-9-13-22)18-29(3)25(32)14-15-26(33)30-17-16-24(28-30)21-10-6-4-7-11-21/h4-13H,14-18H2,1-3H3. The Morgan fingerprint density at radius 1 is 0.970 bits per heavy atom. The monoisotopic (exact) mass is 443 g/mol. The topological polar surface area (TPSA) is 70.8 Å². The highest BCUT2D eigenvalue weighted by atomic mass is 16.2. The lowest BCUT2D eigenvalue weighted by Crippen LogP contribution is -2.29. The van der Waals surface area contributed by atoms with Crippen LogP contribution in [0.5, 0.6) is 0 Å². The molecule has 1 aliphatic heterocycles. The molecule has 2 aromatic carbocycles. The molecule has 0 bridgehead atoms. The molecule has 4 rings (SSSR count). The molecule has 0 fully saturated rings. The van der Waals surface area contributed by atoms with Gasteiger partial charge in [-0.3, -0.25) is 9.59 Å². The van der Waals surface area contributed by atoms with Gasteiger partial charge < -0.3 is 4.90 Å². The zero-order chi connectivity index (χ0) is 23.4. The van der Waals surface area contributed by atoms with Gasteiger partial charge in [0.05, 0.1) is 23.6 Å². The number of rotatable bonds is 7. The van der Waals surface area contributed by atoms with Gasteiger partial charge >= 0.3 is 0 Å². The highest BCUT2D eigenvalue weighted by molar-refractivity contribution is 6.02. The molecule has 0 N–H and O–H groups in total. The van der Waals surface area contributed by atoms with Gasteiger partial charge in [-0.2, -0.15) is 10.2 Å². The molecular formula is C26H29N5O2. The minimum absolute atomic E-state index is 0.0685. The van der Waals surface area contributed by atoms with Crippen molar-refractivity contribution in [2.75, 3.05) is 13.6 Å². The summed E-state index contributed by atoms with van der Waals surface area (Å²) < 4.78 is 1.90. The molecule has 170 valence electrons. The highest BCUT2D eigenvalue weighted by Crippen LogP contribution is 2.20. The molecule has 2 heterocycles. The lowest BCUT2D eigenvalue weighted by atomic mass is 10.1. The van der Waals surface area contributed by atoms with Crippen molar-refractivity contribution < 1.29 is 9.59 Å². The van der Waals surface area contributed by atoms with Gasteiger partial charge in [-0.1, -0.05) is 48.5 Å². The van der Waals surface area contributed by atoms with Crippen molar-refractivity contribution >= 4 is 17.5 Å². The van der Waals surface area contributed by atoms with Crippen LogP contribution in [0.15, 0.2) is 65.8 Å². The first-order valence-corrected chi connectivity index (χ1v) is 11.2. The number of aryl methyl sites for hydroxylation is 1. The summed E-state index contributed by atoms with van der Waals surface area (Å²) in [6.45, 7) is 4.99. The highest BCUT2D eigenvalue weighted by Gasteiger charge is 2.23. The normalized spacial score (nSPS) is 13.2. The number of para-hydroxylation sites is 1. The molecule has 0 saturated carbocycles. The number of nitrogens with zero attached hydrogens (tertiary/aromatic N) is 5. The van der Waals surface area contributed by atoms with Crippen LogP contribution >= 0.6 is 0 Å². The zero-order valence-corrected chi connectivity index (χ0v) is 19.4. The number of hydrogen-bond donors (Lipinski definition) is 0. The lowest BCUT2D eigenvalue weighted by Gasteiger charge is -2.18. The van der Waals surface area contributed by atoms with Gasteiger partial charge in [-0.25, -0.2) is 9.69 Å². The van der Waals surface area contributed by atoms with Gasteiger partial charge in [0, 0.05) is 44.1 Å². The van der Waals surface area contributed by atoms with E-state index in [9.17, 15) is 9.59 Å². The number of carbonyl (C=O) groups excluding carboxylic acids is 2. The van der Waals surface area contributed by atoms with Crippen LogP contribution in [0.1, 0.15) is 41.8 Å². The van der Waals surface area contributed by atoms with Crippen molar-refractivity contribution in [2.45, 2.75) is 39.7 Å². The third-order valence-electron chi connectivity index (χ3n) is 6.01. The first-order chi connectivity index (χ1) is 15.9. The van der Waals surface area contributed by atoms with Crippen LogP contribution in [-0.4, -0.2) is 50.8 Å². The van der Waals surface area contributed by atoms with E-state index in [2.05, 4.69) is 10.2 Å². The van der Waals surface area contributed by atoms with Crippen LogP contribution in [0.3, 0.4) is 0 Å². The fraction of sp³-hybridized carbons (Fsp3) is 0.308. The largest absolute Gasteiger partial charge is 0.341 e. The Balaban J connectivity index is 1.34. The summed E-state index contributed by atoms with van der Waals surface area (Å²) in [6.07, 6.45) is 1.04. The number of aromatic nitrogens is 2. The summed E-state index contributed by atoms with van der Waals surface area (Å²) in [5, 5.41) is 10.6. The van der Waals surface area contributed by atoms with Gasteiger partial charge in [-0.05, 0) is 31.5 Å². The van der Waals surface area contributed by atoms with Gasteiger partial charge in [-0.15, -0.1) is 0 Å². The van der Waals surface area contributed by atoms with Gasteiger partial charge in [0.25, 0.3) is 0 Å². The Kier molecular flexibility index (Phi) is 6.68. The summed E-state index contributed by atoms with van der Waals surface area (Å²) in [5.41, 5.74) is 5.86. The molecule has 33 heavy (non-hydrogen) atoms. The second kappa shape index (κ2) is 9.81. The van der Waals surface area contributed by atoms with Crippen LogP contribution in [-0.2, 0) is 16.1 Å².